The van der Waals surface area contributed by atoms with Gasteiger partial charge in [0.15, 0.2) is 0 Å². The number of carboxylic acid groups (broad SMARTS) is 1. The summed E-state index contributed by atoms with van der Waals surface area (Å²) in [5.41, 5.74) is 4.68. The van der Waals surface area contributed by atoms with Crippen molar-refractivity contribution in [2.75, 3.05) is 5.43 Å². The van der Waals surface area contributed by atoms with Gasteiger partial charge in [0.25, 0.3) is 0 Å². The van der Waals surface area contributed by atoms with Crippen LogP contribution in [0, 0.1) is 0 Å². The van der Waals surface area contributed by atoms with E-state index in [-0.39, 0.29) is 5.56 Å². The van der Waals surface area contributed by atoms with Crippen molar-refractivity contribution in [3.8, 4) is 11.5 Å². The van der Waals surface area contributed by atoms with Crippen LogP contribution in [0.15, 0.2) is 84.0 Å². The van der Waals surface area contributed by atoms with E-state index in [4.69, 9.17) is 9.84 Å². The number of para-hydroxylation sites is 1. The average molecular weight is 332 g/mol. The predicted molar refractivity (Wildman–Crippen MR) is 97.6 cm³/mol. The number of nitrogens with one attached hydrogen (secondary N) is 1. The smallest absolute Gasteiger partial charge is 0.335 e. The number of anilines is 1. The summed E-state index contributed by atoms with van der Waals surface area (Å²) >= 11 is 0. The molecule has 5 heteroatoms. The first-order valence-electron chi connectivity index (χ1n) is 7.66. The standard InChI is InChI=1S/C20H16N2O3/c23-20(24)16-9-11-17(12-10-16)22-21-14-15-5-4-8-19(13-15)25-18-6-2-1-3-7-18/h1-14,22H,(H,23,24)/b21-14-. The van der Waals surface area contributed by atoms with E-state index in [1.54, 1.807) is 18.3 Å². The predicted octanol–water partition coefficient (Wildman–Crippen LogP) is 4.62. The summed E-state index contributed by atoms with van der Waals surface area (Å²) in [6.07, 6.45) is 1.67. The summed E-state index contributed by atoms with van der Waals surface area (Å²) in [6, 6.07) is 23.5. The van der Waals surface area contributed by atoms with Gasteiger partial charge in [-0.2, -0.15) is 5.10 Å². The van der Waals surface area contributed by atoms with E-state index in [2.05, 4.69) is 10.5 Å². The Bertz CT molecular complexity index is 875. The van der Waals surface area contributed by atoms with E-state index >= 15 is 0 Å². The third kappa shape index (κ3) is 4.68. The van der Waals surface area contributed by atoms with Gasteiger partial charge in [0.1, 0.15) is 11.5 Å². The number of hydrogen-bond acceptors (Lipinski definition) is 4. The third-order valence-corrected chi connectivity index (χ3v) is 3.38. The van der Waals surface area contributed by atoms with Crippen LogP contribution in [0.2, 0.25) is 0 Å². The second kappa shape index (κ2) is 7.79. The minimum atomic E-state index is -0.953. The number of nitrogens with zero attached hydrogens (tertiary/aromatic N) is 1. The molecule has 25 heavy (non-hydrogen) atoms. The fourth-order valence-corrected chi connectivity index (χ4v) is 2.15. The van der Waals surface area contributed by atoms with Crippen molar-refractivity contribution in [3.05, 3.63) is 90.0 Å². The Balaban J connectivity index is 1.63. The van der Waals surface area contributed by atoms with Crippen LogP contribution in [-0.2, 0) is 0 Å². The molecule has 0 heterocycles. The van der Waals surface area contributed by atoms with E-state index in [1.807, 2.05) is 54.6 Å². The SMILES string of the molecule is O=C(O)c1ccc(N/N=C\c2cccc(Oc3ccccc3)c2)cc1. The van der Waals surface area contributed by atoms with E-state index < -0.39 is 5.97 Å². The first-order chi connectivity index (χ1) is 12.2. The van der Waals surface area contributed by atoms with Gasteiger partial charge in [-0.3, -0.25) is 5.43 Å². The summed E-state index contributed by atoms with van der Waals surface area (Å²) in [5.74, 6) is 0.541. The first kappa shape index (κ1) is 16.3. The molecule has 124 valence electrons. The Labute approximate surface area is 145 Å². The number of hydrogen-bond donors (Lipinski definition) is 2. The highest BCUT2D eigenvalue weighted by Crippen LogP contribution is 2.21. The molecule has 0 atom stereocenters. The summed E-state index contributed by atoms with van der Waals surface area (Å²) in [7, 11) is 0. The molecule has 0 spiro atoms. The molecule has 0 aliphatic rings. The molecule has 3 aromatic carbocycles. The molecule has 0 saturated carbocycles. The Hall–Kier alpha value is -3.60. The molecule has 0 unspecified atom stereocenters. The summed E-state index contributed by atoms with van der Waals surface area (Å²) < 4.78 is 5.78. The quantitative estimate of drug-likeness (QED) is 0.510. The van der Waals surface area contributed by atoms with Gasteiger partial charge in [-0.1, -0.05) is 30.3 Å². The maximum atomic E-state index is 10.8. The minimum Gasteiger partial charge on any atom is -0.478 e. The fraction of sp³-hybridized carbons (Fsp3) is 0. The van der Waals surface area contributed by atoms with Crippen molar-refractivity contribution in [1.82, 2.24) is 0 Å². The second-order valence-corrected chi connectivity index (χ2v) is 5.24. The van der Waals surface area contributed by atoms with Crippen molar-refractivity contribution < 1.29 is 14.6 Å². The maximum absolute atomic E-state index is 10.8. The summed E-state index contributed by atoms with van der Waals surface area (Å²) in [6.45, 7) is 0. The van der Waals surface area contributed by atoms with Crippen molar-refractivity contribution in [2.45, 2.75) is 0 Å². The Morgan fingerprint density at radius 2 is 1.64 bits per heavy atom. The minimum absolute atomic E-state index is 0.236. The van der Waals surface area contributed by atoms with Gasteiger partial charge in [0, 0.05) is 0 Å². The first-order valence-corrected chi connectivity index (χ1v) is 7.66. The number of rotatable bonds is 6. The molecule has 0 aliphatic carbocycles. The Morgan fingerprint density at radius 1 is 0.920 bits per heavy atom. The van der Waals surface area contributed by atoms with Crippen LogP contribution >= 0.6 is 0 Å². The van der Waals surface area contributed by atoms with Gasteiger partial charge in [-0.25, -0.2) is 4.79 Å². The van der Waals surface area contributed by atoms with Gasteiger partial charge in [-0.05, 0) is 54.1 Å². The van der Waals surface area contributed by atoms with Crippen molar-refractivity contribution in [2.24, 2.45) is 5.10 Å². The van der Waals surface area contributed by atoms with Crippen LogP contribution in [0.5, 0.6) is 11.5 Å². The summed E-state index contributed by atoms with van der Waals surface area (Å²) in [4.78, 5) is 10.8. The zero-order valence-corrected chi connectivity index (χ0v) is 13.3. The van der Waals surface area contributed by atoms with Crippen LogP contribution in [0.4, 0.5) is 5.69 Å². The zero-order chi connectivity index (χ0) is 17.5. The molecule has 0 saturated heterocycles. The van der Waals surface area contributed by atoms with E-state index in [1.165, 1.54) is 12.1 Å². The molecule has 0 aliphatic heterocycles. The molecule has 0 bridgehead atoms. The van der Waals surface area contributed by atoms with Gasteiger partial charge in [0.2, 0.25) is 0 Å². The highest BCUT2D eigenvalue weighted by atomic mass is 16.5. The lowest BCUT2D eigenvalue weighted by atomic mass is 10.2. The zero-order valence-electron chi connectivity index (χ0n) is 13.3. The molecule has 3 rings (SSSR count). The van der Waals surface area contributed by atoms with Gasteiger partial charge >= 0.3 is 5.97 Å². The van der Waals surface area contributed by atoms with Crippen LogP contribution in [0.25, 0.3) is 0 Å². The maximum Gasteiger partial charge on any atom is 0.335 e. The number of ether oxygens (including phenoxy) is 1. The molecular formula is C20H16N2O3. The largest absolute Gasteiger partial charge is 0.478 e. The molecular weight excluding hydrogens is 316 g/mol. The van der Waals surface area contributed by atoms with Crippen LogP contribution in [0.1, 0.15) is 15.9 Å². The number of benzene rings is 3. The lowest BCUT2D eigenvalue weighted by Gasteiger charge is -2.06. The average Bonchev–Trinajstić information content (AvgIpc) is 2.63. The molecule has 0 radical (unpaired) electrons. The molecule has 3 aromatic rings. The third-order valence-electron chi connectivity index (χ3n) is 3.38. The van der Waals surface area contributed by atoms with Crippen molar-refractivity contribution >= 4 is 17.9 Å². The Morgan fingerprint density at radius 3 is 2.36 bits per heavy atom. The second-order valence-electron chi connectivity index (χ2n) is 5.24. The molecule has 0 fully saturated rings. The topological polar surface area (TPSA) is 70.9 Å². The molecule has 2 N–H and O–H groups in total. The van der Waals surface area contributed by atoms with E-state index in [0.717, 1.165) is 17.1 Å². The number of aromatic carboxylic acids is 1. The highest BCUT2D eigenvalue weighted by molar-refractivity contribution is 5.88. The normalized spacial score (nSPS) is 10.6. The van der Waals surface area contributed by atoms with E-state index in [0.29, 0.717) is 5.69 Å². The van der Waals surface area contributed by atoms with Crippen molar-refractivity contribution in [3.63, 3.8) is 0 Å². The lowest BCUT2D eigenvalue weighted by molar-refractivity contribution is 0.0697. The van der Waals surface area contributed by atoms with Crippen molar-refractivity contribution in [1.29, 1.82) is 0 Å². The van der Waals surface area contributed by atoms with Gasteiger partial charge in [-0.15, -0.1) is 0 Å². The number of hydrazone groups is 1. The molecule has 5 nitrogen and oxygen atoms in total. The molecule has 0 aromatic heterocycles. The van der Waals surface area contributed by atoms with Gasteiger partial charge in [0.05, 0.1) is 17.5 Å². The fourth-order valence-electron chi connectivity index (χ4n) is 2.15. The van der Waals surface area contributed by atoms with Crippen LogP contribution in [0.3, 0.4) is 0 Å². The molecule has 0 amide bonds. The van der Waals surface area contributed by atoms with Crippen LogP contribution < -0.4 is 10.2 Å². The summed E-state index contributed by atoms with van der Waals surface area (Å²) in [5, 5.41) is 13.0. The highest BCUT2D eigenvalue weighted by Gasteiger charge is 2.01. The lowest BCUT2D eigenvalue weighted by Crippen LogP contribution is -1.96. The van der Waals surface area contributed by atoms with Gasteiger partial charge < -0.3 is 9.84 Å². The monoisotopic (exact) mass is 332 g/mol. The number of carbonyl (C=O) groups is 1. The van der Waals surface area contributed by atoms with Crippen LogP contribution in [-0.4, -0.2) is 17.3 Å². The number of carboxylic acids is 1. The Kier molecular flexibility index (Phi) is 5.07. The van der Waals surface area contributed by atoms with E-state index in [9.17, 15) is 4.79 Å².